The molecule has 2 aromatic carbocycles. The second kappa shape index (κ2) is 9.92. The summed E-state index contributed by atoms with van der Waals surface area (Å²) in [4.78, 5) is 37.8. The minimum atomic E-state index is -0.663. The number of urea groups is 1. The second-order valence-electron chi connectivity index (χ2n) is 7.24. The Bertz CT molecular complexity index is 1300. The molecule has 174 valence electrons. The van der Waals surface area contributed by atoms with E-state index >= 15 is 0 Å². The summed E-state index contributed by atoms with van der Waals surface area (Å²) in [7, 11) is 1.22. The number of amides is 3. The van der Waals surface area contributed by atoms with Crippen molar-refractivity contribution in [2.45, 2.75) is 13.2 Å². The van der Waals surface area contributed by atoms with Crippen molar-refractivity contribution in [2.24, 2.45) is 0 Å². The van der Waals surface area contributed by atoms with Crippen LogP contribution in [0.2, 0.25) is 0 Å². The lowest BCUT2D eigenvalue weighted by atomic mass is 10.1. The number of furan rings is 1. The van der Waals surface area contributed by atoms with Crippen LogP contribution in [0.1, 0.15) is 27.4 Å². The Morgan fingerprint density at radius 2 is 2.00 bits per heavy atom. The van der Waals surface area contributed by atoms with E-state index in [4.69, 9.17) is 9.15 Å². The molecule has 0 spiro atoms. The predicted molar refractivity (Wildman–Crippen MR) is 122 cm³/mol. The van der Waals surface area contributed by atoms with Crippen LogP contribution >= 0.6 is 15.9 Å². The molecule has 0 atom stereocenters. The maximum Gasteiger partial charge on any atom is 0.373 e. The van der Waals surface area contributed by atoms with E-state index in [2.05, 4.69) is 26.0 Å². The molecule has 1 aliphatic heterocycles. The van der Waals surface area contributed by atoms with Crippen molar-refractivity contribution in [3.05, 3.63) is 93.2 Å². The van der Waals surface area contributed by atoms with Gasteiger partial charge >= 0.3 is 12.0 Å². The van der Waals surface area contributed by atoms with E-state index in [1.165, 1.54) is 37.5 Å². The van der Waals surface area contributed by atoms with Gasteiger partial charge in [-0.2, -0.15) is 0 Å². The number of hydrogen-bond acceptors (Lipinski definition) is 6. The number of esters is 1. The van der Waals surface area contributed by atoms with Crippen LogP contribution in [0.15, 0.2) is 69.2 Å². The number of ether oxygens (including phenoxy) is 2. The molecule has 3 amide bonds. The lowest BCUT2D eigenvalue weighted by Crippen LogP contribution is -2.30. The maximum atomic E-state index is 13.4. The SMILES string of the molecule is COC(=O)c1ccc(CN2C(=O)N/C(=C\c3cc(Br)ccc3OCc3cccc(F)c3)C2=O)o1. The van der Waals surface area contributed by atoms with Gasteiger partial charge in [0.1, 0.15) is 29.6 Å². The number of hydrogen-bond donors (Lipinski definition) is 1. The van der Waals surface area contributed by atoms with Gasteiger partial charge in [-0.15, -0.1) is 0 Å². The van der Waals surface area contributed by atoms with E-state index in [1.807, 2.05) is 0 Å². The fourth-order valence-corrected chi connectivity index (χ4v) is 3.63. The Balaban J connectivity index is 1.52. The van der Waals surface area contributed by atoms with Crippen molar-refractivity contribution in [2.75, 3.05) is 7.11 Å². The molecule has 0 unspecified atom stereocenters. The summed E-state index contributed by atoms with van der Waals surface area (Å²) in [5.74, 6) is -0.953. The third-order valence-electron chi connectivity index (χ3n) is 4.88. The topological polar surface area (TPSA) is 98.1 Å². The molecule has 34 heavy (non-hydrogen) atoms. The number of carbonyl (C=O) groups excluding carboxylic acids is 3. The van der Waals surface area contributed by atoms with Crippen LogP contribution in [-0.4, -0.2) is 29.9 Å². The molecule has 4 rings (SSSR count). The number of nitrogens with one attached hydrogen (secondary N) is 1. The normalized spacial score (nSPS) is 14.4. The lowest BCUT2D eigenvalue weighted by molar-refractivity contribution is -0.123. The van der Waals surface area contributed by atoms with Gasteiger partial charge in [-0.05, 0) is 54.1 Å². The summed E-state index contributed by atoms with van der Waals surface area (Å²) in [6.45, 7) is -0.0522. The van der Waals surface area contributed by atoms with E-state index in [0.717, 1.165) is 9.37 Å². The van der Waals surface area contributed by atoms with E-state index in [1.54, 1.807) is 30.3 Å². The average Bonchev–Trinajstić information content (AvgIpc) is 3.38. The van der Waals surface area contributed by atoms with Crippen molar-refractivity contribution in [3.63, 3.8) is 0 Å². The molecule has 10 heteroatoms. The Labute approximate surface area is 202 Å². The standard InChI is InChI=1S/C24H18BrFN2O6/c1-32-23(30)21-8-6-18(34-21)12-28-22(29)19(27-24(28)31)11-15-10-16(25)5-7-20(15)33-13-14-3-2-4-17(26)9-14/h2-11H,12-13H2,1H3,(H,27,31)/b19-11-. The molecule has 1 aliphatic rings. The molecule has 1 N–H and O–H groups in total. The number of halogens is 2. The van der Waals surface area contributed by atoms with Gasteiger partial charge in [0.2, 0.25) is 5.76 Å². The lowest BCUT2D eigenvalue weighted by Gasteiger charge is -2.11. The Morgan fingerprint density at radius 3 is 2.76 bits per heavy atom. The van der Waals surface area contributed by atoms with E-state index in [0.29, 0.717) is 16.9 Å². The second-order valence-corrected chi connectivity index (χ2v) is 8.15. The number of benzene rings is 2. The average molecular weight is 529 g/mol. The quantitative estimate of drug-likeness (QED) is 0.272. The summed E-state index contributed by atoms with van der Waals surface area (Å²) in [6, 6.07) is 13.5. The molecular weight excluding hydrogens is 511 g/mol. The molecular formula is C24H18BrFN2O6. The number of carbonyl (C=O) groups is 3. The number of methoxy groups -OCH3 is 1. The van der Waals surface area contributed by atoms with Gasteiger partial charge < -0.3 is 19.2 Å². The first-order valence-corrected chi connectivity index (χ1v) is 10.8. The predicted octanol–water partition coefficient (Wildman–Crippen LogP) is 4.64. The molecule has 8 nitrogen and oxygen atoms in total. The molecule has 1 aromatic heterocycles. The van der Waals surface area contributed by atoms with Crippen LogP contribution in [0.25, 0.3) is 6.08 Å². The highest BCUT2D eigenvalue weighted by Crippen LogP contribution is 2.28. The van der Waals surface area contributed by atoms with Gasteiger partial charge in [-0.1, -0.05) is 28.1 Å². The molecule has 1 saturated heterocycles. The molecule has 1 fully saturated rings. The zero-order valence-electron chi connectivity index (χ0n) is 17.8. The molecule has 0 saturated carbocycles. The summed E-state index contributed by atoms with van der Waals surface area (Å²) in [5.41, 5.74) is 1.21. The minimum Gasteiger partial charge on any atom is -0.488 e. The van der Waals surface area contributed by atoms with Crippen molar-refractivity contribution in [1.29, 1.82) is 0 Å². The number of rotatable bonds is 7. The molecule has 2 heterocycles. The zero-order chi connectivity index (χ0) is 24.2. The highest BCUT2D eigenvalue weighted by atomic mass is 79.9. The highest BCUT2D eigenvalue weighted by molar-refractivity contribution is 9.10. The summed E-state index contributed by atoms with van der Waals surface area (Å²) < 4.78 is 29.9. The van der Waals surface area contributed by atoms with Crippen LogP contribution in [0.4, 0.5) is 9.18 Å². The summed E-state index contributed by atoms with van der Waals surface area (Å²) in [6.07, 6.45) is 1.49. The van der Waals surface area contributed by atoms with Crippen LogP contribution in [-0.2, 0) is 22.7 Å². The zero-order valence-corrected chi connectivity index (χ0v) is 19.4. The molecule has 0 aliphatic carbocycles. The first-order valence-electron chi connectivity index (χ1n) is 10.0. The first kappa shape index (κ1) is 23.2. The third kappa shape index (κ3) is 5.18. The van der Waals surface area contributed by atoms with Crippen LogP contribution < -0.4 is 10.1 Å². The van der Waals surface area contributed by atoms with Crippen molar-refractivity contribution in [3.8, 4) is 5.75 Å². The van der Waals surface area contributed by atoms with Gasteiger partial charge in [-0.25, -0.2) is 14.0 Å². The summed E-state index contributed by atoms with van der Waals surface area (Å²) >= 11 is 3.39. The Morgan fingerprint density at radius 1 is 1.18 bits per heavy atom. The van der Waals surface area contributed by atoms with Gasteiger partial charge in [0, 0.05) is 10.0 Å². The molecule has 0 radical (unpaired) electrons. The van der Waals surface area contributed by atoms with E-state index < -0.39 is 17.9 Å². The fraction of sp³-hybridized carbons (Fsp3) is 0.125. The number of nitrogens with zero attached hydrogens (tertiary/aromatic N) is 1. The van der Waals surface area contributed by atoms with E-state index in [-0.39, 0.29) is 36.2 Å². The Hall–Kier alpha value is -3.92. The van der Waals surface area contributed by atoms with Gasteiger partial charge in [0.05, 0.1) is 13.7 Å². The van der Waals surface area contributed by atoms with Crippen molar-refractivity contribution >= 4 is 39.9 Å². The number of imide groups is 1. The van der Waals surface area contributed by atoms with Gasteiger partial charge in [0.25, 0.3) is 5.91 Å². The van der Waals surface area contributed by atoms with Crippen molar-refractivity contribution in [1.82, 2.24) is 10.2 Å². The largest absolute Gasteiger partial charge is 0.488 e. The molecule has 0 bridgehead atoms. The van der Waals surface area contributed by atoms with E-state index in [9.17, 15) is 18.8 Å². The smallest absolute Gasteiger partial charge is 0.373 e. The fourth-order valence-electron chi connectivity index (χ4n) is 3.25. The monoisotopic (exact) mass is 528 g/mol. The Kier molecular flexibility index (Phi) is 6.78. The maximum absolute atomic E-state index is 13.4. The third-order valence-corrected chi connectivity index (χ3v) is 5.37. The summed E-state index contributed by atoms with van der Waals surface area (Å²) in [5, 5.41) is 2.54. The van der Waals surface area contributed by atoms with Crippen LogP contribution in [0.5, 0.6) is 5.75 Å². The first-order chi connectivity index (χ1) is 16.3. The van der Waals surface area contributed by atoms with Crippen LogP contribution in [0, 0.1) is 5.82 Å². The van der Waals surface area contributed by atoms with Crippen molar-refractivity contribution < 1.29 is 32.7 Å². The van der Waals surface area contributed by atoms with Crippen LogP contribution in [0.3, 0.4) is 0 Å². The highest BCUT2D eigenvalue weighted by Gasteiger charge is 2.34. The van der Waals surface area contributed by atoms with Gasteiger partial charge in [0.15, 0.2) is 0 Å². The minimum absolute atomic E-state index is 0.0328. The molecule has 3 aromatic rings. The van der Waals surface area contributed by atoms with Gasteiger partial charge in [-0.3, -0.25) is 9.69 Å².